The van der Waals surface area contributed by atoms with Crippen LogP contribution < -0.4 is 4.74 Å². The lowest BCUT2D eigenvalue weighted by atomic mass is 10.1. The maximum atomic E-state index is 12.3. The molecule has 0 saturated heterocycles. The molecule has 134 valence electrons. The SMILES string of the molecule is Cc1ccc(C=CC(=O)c2ccc(OC(=O)c3ccc(C)cc3)cc2)cc1. The second-order valence-corrected chi connectivity index (χ2v) is 6.39. The highest BCUT2D eigenvalue weighted by Crippen LogP contribution is 2.16. The first kappa shape index (κ1) is 18.3. The number of ketones is 1. The molecule has 0 bridgehead atoms. The Hall–Kier alpha value is -3.46. The van der Waals surface area contributed by atoms with E-state index in [0.717, 1.165) is 11.1 Å². The predicted octanol–water partition coefficient (Wildman–Crippen LogP) is 5.42. The zero-order chi connectivity index (χ0) is 19.2. The lowest BCUT2D eigenvalue weighted by Crippen LogP contribution is -2.08. The minimum Gasteiger partial charge on any atom is -0.423 e. The number of carbonyl (C=O) groups is 2. The topological polar surface area (TPSA) is 43.4 Å². The van der Waals surface area contributed by atoms with Crippen molar-refractivity contribution in [2.45, 2.75) is 13.8 Å². The van der Waals surface area contributed by atoms with Gasteiger partial charge in [0.05, 0.1) is 5.56 Å². The van der Waals surface area contributed by atoms with Crippen LogP contribution in [0.3, 0.4) is 0 Å². The van der Waals surface area contributed by atoms with Crippen molar-refractivity contribution in [2.24, 2.45) is 0 Å². The largest absolute Gasteiger partial charge is 0.423 e. The molecule has 0 heterocycles. The fourth-order valence-electron chi connectivity index (χ4n) is 2.49. The molecule has 27 heavy (non-hydrogen) atoms. The van der Waals surface area contributed by atoms with Crippen molar-refractivity contribution in [2.75, 3.05) is 0 Å². The number of esters is 1. The highest BCUT2D eigenvalue weighted by Gasteiger charge is 2.09. The van der Waals surface area contributed by atoms with Crippen molar-refractivity contribution >= 4 is 17.8 Å². The van der Waals surface area contributed by atoms with Gasteiger partial charge in [0.25, 0.3) is 0 Å². The molecule has 0 N–H and O–H groups in total. The summed E-state index contributed by atoms with van der Waals surface area (Å²) < 4.78 is 5.35. The van der Waals surface area contributed by atoms with Crippen LogP contribution in [-0.4, -0.2) is 11.8 Å². The lowest BCUT2D eigenvalue weighted by molar-refractivity contribution is 0.0734. The second kappa shape index (κ2) is 8.28. The molecule has 0 aliphatic heterocycles. The van der Waals surface area contributed by atoms with E-state index in [2.05, 4.69) is 0 Å². The molecular weight excluding hydrogens is 336 g/mol. The molecule has 0 saturated carbocycles. The van der Waals surface area contributed by atoms with Crippen LogP contribution in [0.5, 0.6) is 5.75 Å². The molecule has 3 aromatic carbocycles. The first-order valence-corrected chi connectivity index (χ1v) is 8.69. The number of hydrogen-bond donors (Lipinski definition) is 0. The zero-order valence-electron chi connectivity index (χ0n) is 15.3. The van der Waals surface area contributed by atoms with Gasteiger partial charge in [-0.25, -0.2) is 4.79 Å². The maximum Gasteiger partial charge on any atom is 0.343 e. The minimum atomic E-state index is -0.423. The van der Waals surface area contributed by atoms with Gasteiger partial charge in [0.15, 0.2) is 5.78 Å². The number of rotatable bonds is 5. The molecule has 0 aliphatic rings. The van der Waals surface area contributed by atoms with Gasteiger partial charge in [0.1, 0.15) is 5.75 Å². The number of ether oxygens (including phenoxy) is 1. The molecule has 0 fully saturated rings. The van der Waals surface area contributed by atoms with Gasteiger partial charge in [-0.1, -0.05) is 53.6 Å². The third-order valence-electron chi connectivity index (χ3n) is 4.14. The highest BCUT2D eigenvalue weighted by atomic mass is 16.5. The van der Waals surface area contributed by atoms with Crippen LogP contribution in [0.25, 0.3) is 6.08 Å². The van der Waals surface area contributed by atoms with Crippen LogP contribution in [0.2, 0.25) is 0 Å². The molecule has 3 heteroatoms. The fraction of sp³-hybridized carbons (Fsp3) is 0.0833. The summed E-state index contributed by atoms with van der Waals surface area (Å²) in [6.45, 7) is 3.98. The monoisotopic (exact) mass is 356 g/mol. The normalized spacial score (nSPS) is 10.7. The molecule has 0 unspecified atom stereocenters. The van der Waals surface area contributed by atoms with E-state index < -0.39 is 5.97 Å². The van der Waals surface area contributed by atoms with Crippen molar-refractivity contribution in [3.05, 3.63) is 107 Å². The maximum absolute atomic E-state index is 12.3. The summed E-state index contributed by atoms with van der Waals surface area (Å²) in [5, 5.41) is 0. The number of aryl methyl sites for hydroxylation is 2. The van der Waals surface area contributed by atoms with Crippen molar-refractivity contribution in [1.29, 1.82) is 0 Å². The van der Waals surface area contributed by atoms with Crippen molar-refractivity contribution in [1.82, 2.24) is 0 Å². The summed E-state index contributed by atoms with van der Waals surface area (Å²) in [7, 11) is 0. The Morgan fingerprint density at radius 3 is 1.81 bits per heavy atom. The Balaban J connectivity index is 1.64. The molecule has 0 aliphatic carbocycles. The molecular formula is C24H20O3. The van der Waals surface area contributed by atoms with Gasteiger partial charge in [-0.05, 0) is 61.9 Å². The van der Waals surface area contributed by atoms with E-state index in [-0.39, 0.29) is 5.78 Å². The average Bonchev–Trinajstić information content (AvgIpc) is 2.68. The van der Waals surface area contributed by atoms with E-state index in [0.29, 0.717) is 16.9 Å². The smallest absolute Gasteiger partial charge is 0.343 e. The van der Waals surface area contributed by atoms with Gasteiger partial charge in [0, 0.05) is 5.56 Å². The van der Waals surface area contributed by atoms with Crippen LogP contribution >= 0.6 is 0 Å². The van der Waals surface area contributed by atoms with Crippen molar-refractivity contribution in [3.63, 3.8) is 0 Å². The van der Waals surface area contributed by atoms with Gasteiger partial charge >= 0.3 is 5.97 Å². The van der Waals surface area contributed by atoms with Gasteiger partial charge in [-0.3, -0.25) is 4.79 Å². The third-order valence-corrected chi connectivity index (χ3v) is 4.14. The van der Waals surface area contributed by atoms with Gasteiger partial charge in [-0.2, -0.15) is 0 Å². The Labute approximate surface area is 158 Å². The van der Waals surface area contributed by atoms with Crippen LogP contribution in [0, 0.1) is 13.8 Å². The van der Waals surface area contributed by atoms with E-state index in [1.165, 1.54) is 11.6 Å². The molecule has 0 aromatic heterocycles. The molecule has 0 radical (unpaired) electrons. The predicted molar refractivity (Wildman–Crippen MR) is 107 cm³/mol. The molecule has 3 nitrogen and oxygen atoms in total. The molecule has 0 atom stereocenters. The lowest BCUT2D eigenvalue weighted by Gasteiger charge is -2.05. The Morgan fingerprint density at radius 2 is 1.22 bits per heavy atom. The first-order valence-electron chi connectivity index (χ1n) is 8.69. The summed E-state index contributed by atoms with van der Waals surface area (Å²) in [6.07, 6.45) is 3.32. The van der Waals surface area contributed by atoms with E-state index >= 15 is 0 Å². The van der Waals surface area contributed by atoms with Crippen LogP contribution in [0.1, 0.15) is 37.4 Å². The van der Waals surface area contributed by atoms with Crippen LogP contribution in [-0.2, 0) is 0 Å². The number of carbonyl (C=O) groups excluding carboxylic acids is 2. The zero-order valence-corrected chi connectivity index (χ0v) is 15.3. The summed E-state index contributed by atoms with van der Waals surface area (Å²) in [6, 6.07) is 21.7. The number of hydrogen-bond acceptors (Lipinski definition) is 3. The Morgan fingerprint density at radius 1 is 0.704 bits per heavy atom. The van der Waals surface area contributed by atoms with Crippen LogP contribution in [0.15, 0.2) is 78.9 Å². The van der Waals surface area contributed by atoms with Gasteiger partial charge < -0.3 is 4.74 Å². The molecule has 3 aromatic rings. The fourth-order valence-corrected chi connectivity index (χ4v) is 2.49. The summed E-state index contributed by atoms with van der Waals surface area (Å²) in [5.41, 5.74) is 4.25. The number of benzene rings is 3. The van der Waals surface area contributed by atoms with Crippen LogP contribution in [0.4, 0.5) is 0 Å². The van der Waals surface area contributed by atoms with E-state index in [1.807, 2.05) is 50.2 Å². The van der Waals surface area contributed by atoms with Gasteiger partial charge in [0.2, 0.25) is 0 Å². The third kappa shape index (κ3) is 5.02. The summed E-state index contributed by atoms with van der Waals surface area (Å²) >= 11 is 0. The second-order valence-electron chi connectivity index (χ2n) is 6.39. The Kier molecular flexibility index (Phi) is 5.62. The molecule has 0 amide bonds. The number of allylic oxidation sites excluding steroid dienone is 1. The van der Waals surface area contributed by atoms with E-state index in [1.54, 1.807) is 42.5 Å². The Bertz CT molecular complexity index is 964. The van der Waals surface area contributed by atoms with E-state index in [4.69, 9.17) is 4.74 Å². The quantitative estimate of drug-likeness (QED) is 0.265. The highest BCUT2D eigenvalue weighted by molar-refractivity contribution is 6.06. The standard InChI is InChI=1S/C24H20O3/c1-17-3-7-19(8-4-17)9-16-23(25)20-12-14-22(15-13-20)27-24(26)21-10-5-18(2)6-11-21/h3-16H,1-2H3. The molecule has 3 rings (SSSR count). The average molecular weight is 356 g/mol. The van der Waals surface area contributed by atoms with E-state index in [9.17, 15) is 9.59 Å². The minimum absolute atomic E-state index is 0.105. The summed E-state index contributed by atoms with van der Waals surface area (Å²) in [4.78, 5) is 24.4. The summed E-state index contributed by atoms with van der Waals surface area (Å²) in [5.74, 6) is -0.125. The van der Waals surface area contributed by atoms with Crippen molar-refractivity contribution in [3.8, 4) is 5.75 Å². The van der Waals surface area contributed by atoms with Crippen molar-refractivity contribution < 1.29 is 14.3 Å². The molecule has 0 spiro atoms. The van der Waals surface area contributed by atoms with Gasteiger partial charge in [-0.15, -0.1) is 0 Å². The first-order chi connectivity index (χ1) is 13.0.